The van der Waals surface area contributed by atoms with Gasteiger partial charge in [-0.2, -0.15) is 0 Å². The summed E-state index contributed by atoms with van der Waals surface area (Å²) in [5.41, 5.74) is 9.30. The van der Waals surface area contributed by atoms with Crippen molar-refractivity contribution in [2.75, 3.05) is 11.1 Å². The minimum absolute atomic E-state index is 0.239. The van der Waals surface area contributed by atoms with Gasteiger partial charge in [0.15, 0.2) is 5.69 Å². The predicted molar refractivity (Wildman–Crippen MR) is 64.8 cm³/mol. The van der Waals surface area contributed by atoms with Gasteiger partial charge in [-0.25, -0.2) is 0 Å². The molecule has 0 saturated heterocycles. The molecule has 1 amide bonds. The molecule has 0 unspecified atom stereocenters. The van der Waals surface area contributed by atoms with E-state index in [1.165, 1.54) is 12.3 Å². The Balaban J connectivity index is 2.25. The maximum Gasteiger partial charge on any atom is 0.277 e. The van der Waals surface area contributed by atoms with Crippen LogP contribution in [0.5, 0.6) is 0 Å². The first-order valence-electron chi connectivity index (χ1n) is 5.16. The lowest BCUT2D eigenvalue weighted by atomic mass is 10.1. The lowest BCUT2D eigenvalue weighted by molar-refractivity contribution is 0.101. The van der Waals surface area contributed by atoms with E-state index in [1.54, 1.807) is 6.07 Å². The van der Waals surface area contributed by atoms with Crippen LogP contribution in [0.2, 0.25) is 0 Å². The minimum Gasteiger partial charge on any atom is -0.398 e. The van der Waals surface area contributed by atoms with Gasteiger partial charge in [0.2, 0.25) is 0 Å². The summed E-state index contributed by atoms with van der Waals surface area (Å²) in [7, 11) is 0. The maximum absolute atomic E-state index is 11.7. The molecule has 1 aromatic carbocycles. The zero-order chi connectivity index (χ0) is 12.4. The molecule has 1 aromatic heterocycles. The van der Waals surface area contributed by atoms with Crippen molar-refractivity contribution >= 4 is 17.3 Å². The zero-order valence-electron chi connectivity index (χ0n) is 9.65. The average Bonchev–Trinajstić information content (AvgIpc) is 2.79. The van der Waals surface area contributed by atoms with Crippen molar-refractivity contribution in [1.82, 2.24) is 5.16 Å². The normalized spacial score (nSPS) is 10.2. The van der Waals surface area contributed by atoms with Gasteiger partial charge in [-0.1, -0.05) is 11.2 Å². The molecule has 0 radical (unpaired) electrons. The highest BCUT2D eigenvalue weighted by Crippen LogP contribution is 2.22. The minimum atomic E-state index is -0.315. The SMILES string of the molecule is Cc1cc(C)c(NC(=O)c2ccon2)cc1N. The number of rotatable bonds is 2. The van der Waals surface area contributed by atoms with E-state index in [0.717, 1.165) is 11.1 Å². The topological polar surface area (TPSA) is 81.2 Å². The number of amides is 1. The summed E-state index contributed by atoms with van der Waals surface area (Å²) >= 11 is 0. The highest BCUT2D eigenvalue weighted by molar-refractivity contribution is 6.03. The van der Waals surface area contributed by atoms with Crippen molar-refractivity contribution in [3.8, 4) is 0 Å². The van der Waals surface area contributed by atoms with Crippen LogP contribution < -0.4 is 11.1 Å². The molecule has 0 saturated carbocycles. The zero-order valence-corrected chi connectivity index (χ0v) is 9.65. The van der Waals surface area contributed by atoms with E-state index in [1.807, 2.05) is 19.9 Å². The molecular weight excluding hydrogens is 218 g/mol. The molecular formula is C12H13N3O2. The second kappa shape index (κ2) is 4.29. The summed E-state index contributed by atoms with van der Waals surface area (Å²) in [5, 5.41) is 6.30. The summed E-state index contributed by atoms with van der Waals surface area (Å²) in [6, 6.07) is 5.17. The fraction of sp³-hybridized carbons (Fsp3) is 0.167. The van der Waals surface area contributed by atoms with Crippen LogP contribution in [0.1, 0.15) is 21.6 Å². The molecule has 2 aromatic rings. The smallest absolute Gasteiger partial charge is 0.277 e. The van der Waals surface area contributed by atoms with Crippen molar-refractivity contribution in [2.24, 2.45) is 0 Å². The second-order valence-corrected chi connectivity index (χ2v) is 3.86. The Labute approximate surface area is 98.6 Å². The highest BCUT2D eigenvalue weighted by atomic mass is 16.5. The predicted octanol–water partition coefficient (Wildman–Crippen LogP) is 2.13. The average molecular weight is 231 g/mol. The number of anilines is 2. The summed E-state index contributed by atoms with van der Waals surface area (Å²) in [6.45, 7) is 3.83. The number of hydrogen-bond acceptors (Lipinski definition) is 4. The van der Waals surface area contributed by atoms with Gasteiger partial charge >= 0.3 is 0 Å². The van der Waals surface area contributed by atoms with Crippen molar-refractivity contribution in [3.05, 3.63) is 41.3 Å². The van der Waals surface area contributed by atoms with Gasteiger partial charge in [-0.3, -0.25) is 4.79 Å². The largest absolute Gasteiger partial charge is 0.398 e. The van der Waals surface area contributed by atoms with Crippen molar-refractivity contribution < 1.29 is 9.32 Å². The number of nitrogens with two attached hydrogens (primary N) is 1. The molecule has 88 valence electrons. The molecule has 5 nitrogen and oxygen atoms in total. The summed E-state index contributed by atoms with van der Waals surface area (Å²) in [4.78, 5) is 11.7. The highest BCUT2D eigenvalue weighted by Gasteiger charge is 2.11. The summed E-state index contributed by atoms with van der Waals surface area (Å²) in [5.74, 6) is -0.315. The molecule has 0 fully saturated rings. The lowest BCUT2D eigenvalue weighted by Crippen LogP contribution is -2.13. The van der Waals surface area contributed by atoms with Crippen LogP contribution in [0.15, 0.2) is 29.0 Å². The molecule has 1 heterocycles. The summed E-state index contributed by atoms with van der Waals surface area (Å²) in [6.07, 6.45) is 1.35. The van der Waals surface area contributed by atoms with Gasteiger partial charge < -0.3 is 15.6 Å². The van der Waals surface area contributed by atoms with Gasteiger partial charge in [-0.05, 0) is 31.0 Å². The van der Waals surface area contributed by atoms with Gasteiger partial charge in [0.25, 0.3) is 5.91 Å². The third-order valence-electron chi connectivity index (χ3n) is 2.53. The summed E-state index contributed by atoms with van der Waals surface area (Å²) < 4.78 is 4.61. The molecule has 0 bridgehead atoms. The molecule has 17 heavy (non-hydrogen) atoms. The van der Waals surface area contributed by atoms with Crippen LogP contribution in [0, 0.1) is 13.8 Å². The van der Waals surface area contributed by atoms with Crippen LogP contribution >= 0.6 is 0 Å². The van der Waals surface area contributed by atoms with E-state index < -0.39 is 0 Å². The molecule has 0 aliphatic heterocycles. The monoisotopic (exact) mass is 231 g/mol. The van der Waals surface area contributed by atoms with E-state index in [-0.39, 0.29) is 11.6 Å². The van der Waals surface area contributed by atoms with E-state index in [4.69, 9.17) is 5.73 Å². The van der Waals surface area contributed by atoms with Gasteiger partial charge in [0.1, 0.15) is 6.26 Å². The number of aryl methyl sites for hydroxylation is 2. The van der Waals surface area contributed by atoms with E-state index in [0.29, 0.717) is 11.4 Å². The number of benzene rings is 1. The fourth-order valence-corrected chi connectivity index (χ4v) is 1.52. The van der Waals surface area contributed by atoms with Gasteiger partial charge in [0.05, 0.1) is 0 Å². The van der Waals surface area contributed by atoms with Crippen LogP contribution in [0.25, 0.3) is 0 Å². The van der Waals surface area contributed by atoms with Crippen molar-refractivity contribution in [3.63, 3.8) is 0 Å². The Kier molecular flexibility index (Phi) is 2.82. The van der Waals surface area contributed by atoms with E-state index in [9.17, 15) is 4.79 Å². The number of nitrogen functional groups attached to an aromatic ring is 1. The van der Waals surface area contributed by atoms with Crippen molar-refractivity contribution in [2.45, 2.75) is 13.8 Å². The molecule has 5 heteroatoms. The number of aromatic nitrogens is 1. The third kappa shape index (κ3) is 2.28. The number of nitrogens with zero attached hydrogens (tertiary/aromatic N) is 1. The quantitative estimate of drug-likeness (QED) is 0.776. The first kappa shape index (κ1) is 11.2. The van der Waals surface area contributed by atoms with Crippen LogP contribution in [-0.2, 0) is 0 Å². The maximum atomic E-state index is 11.7. The first-order valence-corrected chi connectivity index (χ1v) is 5.16. The van der Waals surface area contributed by atoms with Gasteiger partial charge in [-0.15, -0.1) is 0 Å². The molecule has 0 spiro atoms. The molecule has 0 atom stereocenters. The van der Waals surface area contributed by atoms with Crippen LogP contribution in [0.3, 0.4) is 0 Å². The lowest BCUT2D eigenvalue weighted by Gasteiger charge is -2.10. The van der Waals surface area contributed by atoms with E-state index >= 15 is 0 Å². The van der Waals surface area contributed by atoms with E-state index in [2.05, 4.69) is 15.0 Å². The molecule has 2 rings (SSSR count). The number of hydrogen-bond donors (Lipinski definition) is 2. The first-order chi connectivity index (χ1) is 8.08. The van der Waals surface area contributed by atoms with Crippen LogP contribution in [0.4, 0.5) is 11.4 Å². The second-order valence-electron chi connectivity index (χ2n) is 3.86. The Bertz CT molecular complexity index is 547. The van der Waals surface area contributed by atoms with Gasteiger partial charge in [0, 0.05) is 17.4 Å². The number of nitrogens with one attached hydrogen (secondary N) is 1. The Morgan fingerprint density at radius 3 is 2.76 bits per heavy atom. The molecule has 0 aliphatic rings. The fourth-order valence-electron chi connectivity index (χ4n) is 1.52. The number of carbonyl (C=O) groups excluding carboxylic acids is 1. The Hall–Kier alpha value is -2.30. The molecule has 3 N–H and O–H groups in total. The third-order valence-corrected chi connectivity index (χ3v) is 2.53. The number of carbonyl (C=O) groups is 1. The Morgan fingerprint density at radius 1 is 1.35 bits per heavy atom. The van der Waals surface area contributed by atoms with Crippen LogP contribution in [-0.4, -0.2) is 11.1 Å². The standard InChI is InChI=1S/C12H13N3O2/c1-7-5-8(2)11(6-9(7)13)14-12(16)10-3-4-17-15-10/h3-6H,13H2,1-2H3,(H,14,16). The Morgan fingerprint density at radius 2 is 2.12 bits per heavy atom. The molecule has 0 aliphatic carbocycles. The van der Waals surface area contributed by atoms with Crippen molar-refractivity contribution in [1.29, 1.82) is 0 Å².